The first kappa shape index (κ1) is 15.1. The van der Waals surface area contributed by atoms with Crippen molar-refractivity contribution in [1.82, 2.24) is 14.7 Å². The van der Waals surface area contributed by atoms with Gasteiger partial charge in [0.15, 0.2) is 0 Å². The van der Waals surface area contributed by atoms with Crippen molar-refractivity contribution in [3.63, 3.8) is 0 Å². The van der Waals surface area contributed by atoms with Crippen LogP contribution >= 0.6 is 0 Å². The van der Waals surface area contributed by atoms with Gasteiger partial charge in [0.05, 0.1) is 6.42 Å². The summed E-state index contributed by atoms with van der Waals surface area (Å²) in [5.74, 6) is -0.759. The third-order valence-corrected chi connectivity index (χ3v) is 4.33. The maximum absolute atomic E-state index is 12.5. The molecule has 20 heavy (non-hydrogen) atoms. The Hall–Kier alpha value is -1.30. The zero-order valence-electron chi connectivity index (χ0n) is 12.3. The van der Waals surface area contributed by atoms with Gasteiger partial charge in [-0.15, -0.1) is 0 Å². The molecule has 0 aromatic heterocycles. The lowest BCUT2D eigenvalue weighted by atomic mass is 10.0. The first-order valence-electron chi connectivity index (χ1n) is 7.57. The van der Waals surface area contributed by atoms with Gasteiger partial charge in [-0.1, -0.05) is 0 Å². The number of carboxylic acids is 1. The van der Waals surface area contributed by atoms with E-state index in [0.29, 0.717) is 25.7 Å². The Morgan fingerprint density at radius 1 is 1.10 bits per heavy atom. The number of rotatable bonds is 3. The lowest BCUT2D eigenvalue weighted by Crippen LogP contribution is -2.55. The van der Waals surface area contributed by atoms with Gasteiger partial charge in [-0.3, -0.25) is 9.69 Å². The molecule has 2 fully saturated rings. The molecule has 0 bridgehead atoms. The molecule has 0 saturated carbocycles. The van der Waals surface area contributed by atoms with E-state index in [1.807, 2.05) is 9.80 Å². The van der Waals surface area contributed by atoms with Crippen molar-refractivity contribution in [2.24, 2.45) is 0 Å². The van der Waals surface area contributed by atoms with E-state index in [2.05, 4.69) is 11.8 Å². The van der Waals surface area contributed by atoms with Crippen molar-refractivity contribution in [3.8, 4) is 0 Å². The molecule has 0 aromatic carbocycles. The fourth-order valence-corrected chi connectivity index (χ4v) is 2.98. The fourth-order valence-electron chi connectivity index (χ4n) is 2.98. The average Bonchev–Trinajstić information content (AvgIpc) is 2.45. The first-order chi connectivity index (χ1) is 9.58. The maximum atomic E-state index is 12.5. The molecule has 2 rings (SSSR count). The van der Waals surface area contributed by atoms with Crippen LogP contribution in [0.15, 0.2) is 0 Å². The zero-order valence-corrected chi connectivity index (χ0v) is 12.3. The van der Waals surface area contributed by atoms with E-state index in [0.717, 1.165) is 32.5 Å². The molecule has 0 radical (unpaired) electrons. The van der Waals surface area contributed by atoms with Gasteiger partial charge in [0.25, 0.3) is 0 Å². The molecular formula is C14H25N3O3. The third kappa shape index (κ3) is 3.85. The van der Waals surface area contributed by atoms with Crippen LogP contribution in [-0.2, 0) is 4.79 Å². The van der Waals surface area contributed by atoms with E-state index in [-0.39, 0.29) is 12.5 Å². The lowest BCUT2D eigenvalue weighted by molar-refractivity contribution is -0.137. The smallest absolute Gasteiger partial charge is 0.320 e. The second-order valence-corrected chi connectivity index (χ2v) is 5.79. The molecule has 2 saturated heterocycles. The molecule has 0 aliphatic carbocycles. The van der Waals surface area contributed by atoms with Crippen molar-refractivity contribution in [3.05, 3.63) is 0 Å². The van der Waals surface area contributed by atoms with E-state index in [1.54, 1.807) is 0 Å². The molecular weight excluding hydrogens is 258 g/mol. The summed E-state index contributed by atoms with van der Waals surface area (Å²) in [6.45, 7) is 6.56. The van der Waals surface area contributed by atoms with Crippen LogP contribution in [0.25, 0.3) is 0 Å². The predicted octanol–water partition coefficient (Wildman–Crippen LogP) is 1.07. The summed E-state index contributed by atoms with van der Waals surface area (Å²) in [6.07, 6.45) is 3.60. The van der Waals surface area contributed by atoms with Gasteiger partial charge in [-0.2, -0.15) is 0 Å². The Morgan fingerprint density at radius 3 is 2.40 bits per heavy atom. The summed E-state index contributed by atoms with van der Waals surface area (Å²) in [5, 5.41) is 8.69. The van der Waals surface area contributed by atoms with Crippen LogP contribution < -0.4 is 0 Å². The number of carboxylic acid groups (broad SMARTS) is 1. The quantitative estimate of drug-likeness (QED) is 0.841. The van der Waals surface area contributed by atoms with Crippen molar-refractivity contribution in [2.45, 2.75) is 38.6 Å². The van der Waals surface area contributed by atoms with Crippen molar-refractivity contribution >= 4 is 12.0 Å². The van der Waals surface area contributed by atoms with E-state index in [4.69, 9.17) is 5.11 Å². The minimum Gasteiger partial charge on any atom is -0.481 e. The van der Waals surface area contributed by atoms with Gasteiger partial charge in [0.1, 0.15) is 0 Å². The van der Waals surface area contributed by atoms with Crippen LogP contribution in [0.3, 0.4) is 0 Å². The second kappa shape index (κ2) is 6.92. The number of hydrogen-bond acceptors (Lipinski definition) is 3. The molecule has 1 atom stereocenters. The monoisotopic (exact) mass is 283 g/mol. The van der Waals surface area contributed by atoms with E-state index in [9.17, 15) is 9.59 Å². The Morgan fingerprint density at radius 2 is 1.80 bits per heavy atom. The average molecular weight is 283 g/mol. The summed E-state index contributed by atoms with van der Waals surface area (Å²) < 4.78 is 0. The normalized spacial score (nSPS) is 24.8. The molecule has 114 valence electrons. The molecule has 2 aliphatic heterocycles. The number of hydrogen-bond donors (Lipinski definition) is 1. The largest absolute Gasteiger partial charge is 0.481 e. The Labute approximate surface area is 120 Å². The zero-order chi connectivity index (χ0) is 14.5. The van der Waals surface area contributed by atoms with Gasteiger partial charge in [-0.05, 0) is 26.2 Å². The SMILES string of the molecule is CC1CCCCN1C(=O)N1CCN(CCC(=O)O)CC1. The van der Waals surface area contributed by atoms with E-state index >= 15 is 0 Å². The third-order valence-electron chi connectivity index (χ3n) is 4.33. The molecule has 6 heteroatoms. The molecule has 2 heterocycles. The summed E-state index contributed by atoms with van der Waals surface area (Å²) in [6, 6.07) is 0.511. The molecule has 1 unspecified atom stereocenters. The maximum Gasteiger partial charge on any atom is 0.320 e. The van der Waals surface area contributed by atoms with E-state index < -0.39 is 5.97 Å². The number of amides is 2. The number of aliphatic carboxylic acids is 1. The predicted molar refractivity (Wildman–Crippen MR) is 75.7 cm³/mol. The van der Waals surface area contributed by atoms with Crippen molar-refractivity contribution in [1.29, 1.82) is 0 Å². The van der Waals surface area contributed by atoms with Crippen LogP contribution in [-0.4, -0.2) is 77.1 Å². The van der Waals surface area contributed by atoms with Gasteiger partial charge < -0.3 is 14.9 Å². The highest BCUT2D eigenvalue weighted by Crippen LogP contribution is 2.18. The second-order valence-electron chi connectivity index (χ2n) is 5.79. The van der Waals surface area contributed by atoms with Crippen LogP contribution in [0.1, 0.15) is 32.6 Å². The summed E-state index contributed by atoms with van der Waals surface area (Å²) in [5.41, 5.74) is 0. The van der Waals surface area contributed by atoms with Crippen molar-refractivity contribution < 1.29 is 14.7 Å². The number of piperidine rings is 1. The van der Waals surface area contributed by atoms with Crippen LogP contribution in [0.2, 0.25) is 0 Å². The first-order valence-corrected chi connectivity index (χ1v) is 7.57. The highest BCUT2D eigenvalue weighted by Gasteiger charge is 2.29. The number of piperazine rings is 1. The molecule has 0 aromatic rings. The highest BCUT2D eigenvalue weighted by molar-refractivity contribution is 5.75. The molecule has 2 aliphatic rings. The molecule has 1 N–H and O–H groups in total. The standard InChI is InChI=1S/C14H25N3O3/c1-12-4-2-3-6-17(12)14(20)16-10-8-15(9-11-16)7-5-13(18)19/h12H,2-11H2,1H3,(H,18,19). The van der Waals surface area contributed by atoms with Gasteiger partial charge >= 0.3 is 12.0 Å². The molecule has 6 nitrogen and oxygen atoms in total. The number of likely N-dealkylation sites (tertiary alicyclic amines) is 1. The number of carbonyl (C=O) groups excluding carboxylic acids is 1. The van der Waals surface area contributed by atoms with Gasteiger partial charge in [0.2, 0.25) is 0 Å². The topological polar surface area (TPSA) is 64.1 Å². The number of carbonyl (C=O) groups is 2. The minimum absolute atomic E-state index is 0.162. The van der Waals surface area contributed by atoms with Crippen LogP contribution in [0.4, 0.5) is 4.79 Å². The van der Waals surface area contributed by atoms with Crippen molar-refractivity contribution in [2.75, 3.05) is 39.3 Å². The van der Waals surface area contributed by atoms with E-state index in [1.165, 1.54) is 6.42 Å². The Bertz CT molecular complexity index is 354. The summed E-state index contributed by atoms with van der Waals surface area (Å²) >= 11 is 0. The minimum atomic E-state index is -0.759. The molecule has 0 spiro atoms. The lowest BCUT2D eigenvalue weighted by Gasteiger charge is -2.41. The summed E-state index contributed by atoms with van der Waals surface area (Å²) in [4.78, 5) is 29.1. The van der Waals surface area contributed by atoms with Gasteiger partial charge in [-0.25, -0.2) is 4.79 Å². The Kier molecular flexibility index (Phi) is 5.23. The number of nitrogens with zero attached hydrogens (tertiary/aromatic N) is 3. The Balaban J connectivity index is 1.78. The van der Waals surface area contributed by atoms with Gasteiger partial charge in [0, 0.05) is 45.3 Å². The van der Waals surface area contributed by atoms with Crippen LogP contribution in [0, 0.1) is 0 Å². The highest BCUT2D eigenvalue weighted by atomic mass is 16.4. The number of urea groups is 1. The van der Waals surface area contributed by atoms with Crippen LogP contribution in [0.5, 0.6) is 0 Å². The summed E-state index contributed by atoms with van der Waals surface area (Å²) in [7, 11) is 0. The fraction of sp³-hybridized carbons (Fsp3) is 0.857. The molecule has 2 amide bonds.